The van der Waals surface area contributed by atoms with Gasteiger partial charge in [-0.25, -0.2) is 12.7 Å². The van der Waals surface area contributed by atoms with Crippen LogP contribution in [0.4, 0.5) is 0 Å². The minimum atomic E-state index is -3.15. The van der Waals surface area contributed by atoms with Crippen LogP contribution in [0.1, 0.15) is 18.4 Å². The van der Waals surface area contributed by atoms with Crippen molar-refractivity contribution >= 4 is 15.9 Å². The summed E-state index contributed by atoms with van der Waals surface area (Å²) in [7, 11) is -3.15. The summed E-state index contributed by atoms with van der Waals surface area (Å²) in [6.45, 7) is 1.63. The zero-order valence-corrected chi connectivity index (χ0v) is 14.5. The van der Waals surface area contributed by atoms with Crippen LogP contribution < -0.4 is 14.8 Å². The Balaban J connectivity index is 1.43. The standard InChI is InChI=1S/C16H22N2O5S/c1-24(20,21)18-8-5-13(6-9-18)16(19)17-7-4-12-2-3-14-15(10-12)23-11-22-14/h2-3,10,13H,4-9,11H2,1H3,(H,17,19). The maximum atomic E-state index is 12.2. The van der Waals surface area contributed by atoms with Crippen LogP contribution in [0.5, 0.6) is 11.5 Å². The number of sulfonamides is 1. The number of hydrogen-bond donors (Lipinski definition) is 1. The second-order valence-corrected chi connectivity index (χ2v) is 8.15. The van der Waals surface area contributed by atoms with Gasteiger partial charge in [0.1, 0.15) is 0 Å². The quantitative estimate of drug-likeness (QED) is 0.843. The van der Waals surface area contributed by atoms with Crippen molar-refractivity contribution in [3.63, 3.8) is 0 Å². The summed E-state index contributed by atoms with van der Waals surface area (Å²) >= 11 is 0. The van der Waals surface area contributed by atoms with Crippen LogP contribution >= 0.6 is 0 Å². The Morgan fingerprint density at radius 1 is 1.25 bits per heavy atom. The molecule has 1 aromatic carbocycles. The molecule has 0 unspecified atom stereocenters. The van der Waals surface area contributed by atoms with Gasteiger partial charge in [-0.05, 0) is 37.0 Å². The molecule has 1 aromatic rings. The van der Waals surface area contributed by atoms with Crippen LogP contribution in [-0.2, 0) is 21.2 Å². The van der Waals surface area contributed by atoms with E-state index in [4.69, 9.17) is 9.47 Å². The van der Waals surface area contributed by atoms with Crippen LogP contribution in [-0.4, -0.2) is 51.3 Å². The van der Waals surface area contributed by atoms with E-state index in [1.165, 1.54) is 10.6 Å². The lowest BCUT2D eigenvalue weighted by atomic mass is 9.97. The molecule has 1 saturated heterocycles. The van der Waals surface area contributed by atoms with Crippen molar-refractivity contribution in [2.75, 3.05) is 32.7 Å². The number of fused-ring (bicyclic) bond motifs is 1. The number of carbonyl (C=O) groups excluding carboxylic acids is 1. The van der Waals surface area contributed by atoms with Crippen molar-refractivity contribution in [1.82, 2.24) is 9.62 Å². The zero-order chi connectivity index (χ0) is 17.2. The van der Waals surface area contributed by atoms with Gasteiger partial charge in [-0.15, -0.1) is 0 Å². The van der Waals surface area contributed by atoms with E-state index in [1.807, 2.05) is 18.2 Å². The Bertz CT molecular complexity index is 711. The van der Waals surface area contributed by atoms with Gasteiger partial charge in [0.05, 0.1) is 6.26 Å². The molecule has 24 heavy (non-hydrogen) atoms. The predicted octanol–water partition coefficient (Wildman–Crippen LogP) is 0.746. The lowest BCUT2D eigenvalue weighted by Crippen LogP contribution is -2.42. The molecule has 1 fully saturated rings. The minimum Gasteiger partial charge on any atom is -0.454 e. The fraction of sp³-hybridized carbons (Fsp3) is 0.562. The molecular formula is C16H22N2O5S. The van der Waals surface area contributed by atoms with Crippen molar-refractivity contribution in [2.45, 2.75) is 19.3 Å². The molecule has 0 saturated carbocycles. The van der Waals surface area contributed by atoms with Gasteiger partial charge < -0.3 is 14.8 Å². The highest BCUT2D eigenvalue weighted by atomic mass is 32.2. The highest BCUT2D eigenvalue weighted by molar-refractivity contribution is 7.88. The van der Waals surface area contributed by atoms with Crippen molar-refractivity contribution < 1.29 is 22.7 Å². The highest BCUT2D eigenvalue weighted by Crippen LogP contribution is 2.32. The number of ether oxygens (including phenoxy) is 2. The van der Waals surface area contributed by atoms with Gasteiger partial charge in [-0.2, -0.15) is 0 Å². The number of nitrogens with one attached hydrogen (secondary N) is 1. The third-order valence-electron chi connectivity index (χ3n) is 4.44. The smallest absolute Gasteiger partial charge is 0.231 e. The average molecular weight is 354 g/mol. The number of rotatable bonds is 5. The highest BCUT2D eigenvalue weighted by Gasteiger charge is 2.28. The number of benzene rings is 1. The minimum absolute atomic E-state index is 0.00361. The fourth-order valence-corrected chi connectivity index (χ4v) is 3.89. The average Bonchev–Trinajstić information content (AvgIpc) is 3.02. The molecule has 0 atom stereocenters. The molecular weight excluding hydrogens is 332 g/mol. The number of nitrogens with zero attached hydrogens (tertiary/aromatic N) is 1. The molecule has 0 spiro atoms. The summed E-state index contributed by atoms with van der Waals surface area (Å²) in [6, 6.07) is 5.77. The molecule has 7 nitrogen and oxygen atoms in total. The molecule has 3 rings (SSSR count). The number of hydrogen-bond acceptors (Lipinski definition) is 5. The number of amides is 1. The maximum absolute atomic E-state index is 12.2. The Hall–Kier alpha value is -1.80. The Labute approximate surface area is 142 Å². The molecule has 8 heteroatoms. The van der Waals surface area contributed by atoms with Gasteiger partial charge in [-0.3, -0.25) is 4.79 Å². The monoisotopic (exact) mass is 354 g/mol. The molecule has 0 radical (unpaired) electrons. The Morgan fingerprint density at radius 2 is 1.96 bits per heavy atom. The lowest BCUT2D eigenvalue weighted by Gasteiger charge is -2.29. The van der Waals surface area contributed by atoms with E-state index in [1.54, 1.807) is 0 Å². The van der Waals surface area contributed by atoms with Gasteiger partial charge in [0.15, 0.2) is 11.5 Å². The third kappa shape index (κ3) is 3.99. The second kappa shape index (κ2) is 6.98. The Kier molecular flexibility index (Phi) is 4.96. The van der Waals surface area contributed by atoms with E-state index in [2.05, 4.69) is 5.32 Å². The van der Waals surface area contributed by atoms with Gasteiger partial charge in [0, 0.05) is 25.6 Å². The first-order valence-corrected chi connectivity index (χ1v) is 9.89. The largest absolute Gasteiger partial charge is 0.454 e. The van der Waals surface area contributed by atoms with E-state index in [0.717, 1.165) is 17.1 Å². The number of piperidine rings is 1. The van der Waals surface area contributed by atoms with Gasteiger partial charge >= 0.3 is 0 Å². The topological polar surface area (TPSA) is 84.9 Å². The van der Waals surface area contributed by atoms with Crippen LogP contribution in [0.2, 0.25) is 0 Å². The summed E-state index contributed by atoms with van der Waals surface area (Å²) < 4.78 is 35.0. The molecule has 2 aliphatic rings. The van der Waals surface area contributed by atoms with Crippen molar-refractivity contribution in [3.8, 4) is 11.5 Å². The summed E-state index contributed by atoms with van der Waals surface area (Å²) in [5.74, 6) is 1.39. The molecule has 2 aliphatic heterocycles. The van der Waals surface area contributed by atoms with Crippen LogP contribution in [0.3, 0.4) is 0 Å². The molecule has 0 aliphatic carbocycles. The summed E-state index contributed by atoms with van der Waals surface area (Å²) in [5.41, 5.74) is 1.08. The fourth-order valence-electron chi connectivity index (χ4n) is 3.02. The second-order valence-electron chi connectivity index (χ2n) is 6.16. The molecule has 2 heterocycles. The van der Waals surface area contributed by atoms with Crippen LogP contribution in [0.25, 0.3) is 0 Å². The zero-order valence-electron chi connectivity index (χ0n) is 13.7. The summed E-state index contributed by atoms with van der Waals surface area (Å²) in [5, 5.41) is 2.94. The van der Waals surface area contributed by atoms with Crippen molar-refractivity contribution in [3.05, 3.63) is 23.8 Å². The van der Waals surface area contributed by atoms with E-state index in [9.17, 15) is 13.2 Å². The van der Waals surface area contributed by atoms with Gasteiger partial charge in [0.2, 0.25) is 22.7 Å². The van der Waals surface area contributed by atoms with E-state index >= 15 is 0 Å². The van der Waals surface area contributed by atoms with Crippen molar-refractivity contribution in [1.29, 1.82) is 0 Å². The van der Waals surface area contributed by atoms with Gasteiger partial charge in [-0.1, -0.05) is 6.07 Å². The van der Waals surface area contributed by atoms with E-state index in [0.29, 0.717) is 38.9 Å². The van der Waals surface area contributed by atoms with Crippen LogP contribution in [0, 0.1) is 5.92 Å². The maximum Gasteiger partial charge on any atom is 0.231 e. The van der Waals surface area contributed by atoms with Crippen LogP contribution in [0.15, 0.2) is 18.2 Å². The lowest BCUT2D eigenvalue weighted by molar-refractivity contribution is -0.126. The molecule has 132 valence electrons. The molecule has 1 amide bonds. The predicted molar refractivity (Wildman–Crippen MR) is 88.4 cm³/mol. The van der Waals surface area contributed by atoms with E-state index in [-0.39, 0.29) is 18.6 Å². The normalized spacial score (nSPS) is 18.5. The first-order valence-electron chi connectivity index (χ1n) is 8.05. The van der Waals surface area contributed by atoms with Crippen molar-refractivity contribution in [2.24, 2.45) is 5.92 Å². The number of carbonyl (C=O) groups is 1. The van der Waals surface area contributed by atoms with E-state index < -0.39 is 10.0 Å². The Morgan fingerprint density at radius 3 is 2.67 bits per heavy atom. The first-order chi connectivity index (χ1) is 11.4. The summed E-state index contributed by atoms with van der Waals surface area (Å²) in [6.07, 6.45) is 3.06. The first kappa shape index (κ1) is 17.0. The summed E-state index contributed by atoms with van der Waals surface area (Å²) in [4.78, 5) is 12.2. The molecule has 1 N–H and O–H groups in total. The third-order valence-corrected chi connectivity index (χ3v) is 5.75. The van der Waals surface area contributed by atoms with Gasteiger partial charge in [0.25, 0.3) is 0 Å². The molecule has 0 aromatic heterocycles. The molecule has 0 bridgehead atoms. The SMILES string of the molecule is CS(=O)(=O)N1CCC(C(=O)NCCc2ccc3c(c2)OCO3)CC1.